The fourth-order valence-corrected chi connectivity index (χ4v) is 4.28. The number of fused-ring (bicyclic) bond motifs is 1. The fraction of sp³-hybridized carbons (Fsp3) is 0.500. The third-order valence-electron chi connectivity index (χ3n) is 4.68. The minimum atomic E-state index is -0.638. The molecule has 2 aliphatic heterocycles. The third-order valence-corrected chi connectivity index (χ3v) is 4.90. The molecule has 0 unspecified atom stereocenters. The van der Waals surface area contributed by atoms with Gasteiger partial charge in [0.05, 0.1) is 11.1 Å². The number of carbonyl (C=O) groups is 3. The molecule has 25 heavy (non-hydrogen) atoms. The Kier molecular flexibility index (Phi) is 5.08. The number of nitrogens with one attached hydrogen (secondary N) is 1. The van der Waals surface area contributed by atoms with Gasteiger partial charge in [0.2, 0.25) is 0 Å². The number of carbonyl (C=O) groups excluding carboxylic acids is 3. The number of imide groups is 1. The van der Waals surface area contributed by atoms with Gasteiger partial charge in [0.1, 0.15) is 0 Å². The second-order valence-corrected chi connectivity index (χ2v) is 8.31. The molecule has 0 bridgehead atoms. The second kappa shape index (κ2) is 6.38. The molecule has 1 aromatic carbocycles. The normalized spacial score (nSPS) is 21.7. The van der Waals surface area contributed by atoms with Gasteiger partial charge in [0, 0.05) is 22.7 Å². The Morgan fingerprint density at radius 1 is 1.08 bits per heavy atom. The topological polar surface area (TPSA) is 66.5 Å². The summed E-state index contributed by atoms with van der Waals surface area (Å²) >= 11 is 5.49. The number of nitrogens with zero attached hydrogens (tertiary/aromatic N) is 1. The van der Waals surface area contributed by atoms with Gasteiger partial charge in [-0.15, -0.1) is 12.4 Å². The molecule has 5 nitrogen and oxygen atoms in total. The summed E-state index contributed by atoms with van der Waals surface area (Å²) in [6.07, 6.45) is 1.37. The van der Waals surface area contributed by atoms with Crippen molar-refractivity contribution in [3.8, 4) is 0 Å². The molecule has 7 heteroatoms. The molecular weight excluding hydrogens is 363 g/mol. The maximum absolute atomic E-state index is 12.8. The van der Waals surface area contributed by atoms with Crippen LogP contribution in [0.2, 0.25) is 0 Å². The highest BCUT2D eigenvalue weighted by Gasteiger charge is 2.46. The Morgan fingerprint density at radius 3 is 2.12 bits per heavy atom. The van der Waals surface area contributed by atoms with E-state index in [1.807, 2.05) is 0 Å². The van der Waals surface area contributed by atoms with Crippen molar-refractivity contribution in [2.75, 3.05) is 0 Å². The number of hydrogen-bond donors (Lipinski definition) is 1. The molecule has 3 rings (SSSR count). The van der Waals surface area contributed by atoms with Gasteiger partial charge in [-0.2, -0.15) is 0 Å². The molecule has 0 spiro atoms. The molecule has 0 saturated carbocycles. The lowest BCUT2D eigenvalue weighted by Crippen LogP contribution is -2.62. The first-order valence-electron chi connectivity index (χ1n) is 8.02. The maximum Gasteiger partial charge on any atom is 0.261 e. The van der Waals surface area contributed by atoms with Crippen LogP contribution in [0.25, 0.3) is 0 Å². The van der Waals surface area contributed by atoms with E-state index in [1.165, 1.54) is 23.1 Å². The molecule has 0 atom stereocenters. The summed E-state index contributed by atoms with van der Waals surface area (Å²) in [5, 5.41) is 2.91. The maximum atomic E-state index is 12.8. The molecule has 0 radical (unpaired) electrons. The van der Waals surface area contributed by atoms with Crippen molar-refractivity contribution in [2.45, 2.75) is 57.7 Å². The minimum Gasteiger partial charge on any atom is -0.307 e. The van der Waals surface area contributed by atoms with E-state index < -0.39 is 5.24 Å². The predicted octanol–water partition coefficient (Wildman–Crippen LogP) is 3.39. The largest absolute Gasteiger partial charge is 0.307 e. The second-order valence-electron chi connectivity index (χ2n) is 7.97. The van der Waals surface area contributed by atoms with E-state index in [0.29, 0.717) is 18.4 Å². The number of hydrogen-bond acceptors (Lipinski definition) is 4. The lowest BCUT2D eigenvalue weighted by molar-refractivity contribution is 0.0412. The van der Waals surface area contributed by atoms with E-state index in [0.717, 1.165) is 0 Å². The van der Waals surface area contributed by atoms with Crippen molar-refractivity contribution in [2.24, 2.45) is 0 Å². The molecule has 1 N–H and O–H groups in total. The Balaban J connectivity index is 0.00000225. The van der Waals surface area contributed by atoms with Crippen LogP contribution in [0.3, 0.4) is 0 Å². The van der Waals surface area contributed by atoms with E-state index in [9.17, 15) is 14.4 Å². The predicted molar refractivity (Wildman–Crippen MR) is 98.7 cm³/mol. The van der Waals surface area contributed by atoms with E-state index in [4.69, 9.17) is 11.6 Å². The van der Waals surface area contributed by atoms with Gasteiger partial charge < -0.3 is 5.32 Å². The fourth-order valence-electron chi connectivity index (χ4n) is 4.16. The molecular formula is C18H22Cl2N2O3. The van der Waals surface area contributed by atoms with Crippen LogP contribution in [0.15, 0.2) is 18.2 Å². The van der Waals surface area contributed by atoms with Crippen LogP contribution in [0.4, 0.5) is 0 Å². The number of halogens is 2. The van der Waals surface area contributed by atoms with Gasteiger partial charge in [-0.25, -0.2) is 0 Å². The summed E-state index contributed by atoms with van der Waals surface area (Å²) in [4.78, 5) is 38.3. The summed E-state index contributed by atoms with van der Waals surface area (Å²) < 4.78 is 0. The first-order valence-corrected chi connectivity index (χ1v) is 8.40. The van der Waals surface area contributed by atoms with Crippen LogP contribution >= 0.6 is 24.0 Å². The Labute approximate surface area is 158 Å². The van der Waals surface area contributed by atoms with E-state index in [2.05, 4.69) is 33.0 Å². The van der Waals surface area contributed by atoms with Crippen LogP contribution < -0.4 is 5.32 Å². The third kappa shape index (κ3) is 3.59. The molecule has 2 amide bonds. The zero-order valence-corrected chi connectivity index (χ0v) is 16.3. The zero-order valence-electron chi connectivity index (χ0n) is 14.7. The van der Waals surface area contributed by atoms with Crippen LogP contribution in [-0.4, -0.2) is 39.1 Å². The van der Waals surface area contributed by atoms with E-state index in [1.54, 1.807) is 0 Å². The molecule has 1 fully saturated rings. The quantitative estimate of drug-likeness (QED) is 0.626. The van der Waals surface area contributed by atoms with Gasteiger partial charge in [0.15, 0.2) is 0 Å². The first kappa shape index (κ1) is 19.9. The zero-order chi connectivity index (χ0) is 17.9. The Hall–Kier alpha value is -1.43. The van der Waals surface area contributed by atoms with Gasteiger partial charge in [-0.05, 0) is 70.3 Å². The van der Waals surface area contributed by atoms with Crippen molar-refractivity contribution in [1.29, 1.82) is 0 Å². The average Bonchev–Trinajstić information content (AvgIpc) is 2.67. The van der Waals surface area contributed by atoms with Crippen molar-refractivity contribution in [3.05, 3.63) is 34.9 Å². The highest BCUT2D eigenvalue weighted by Crippen LogP contribution is 2.36. The van der Waals surface area contributed by atoms with Crippen LogP contribution in [-0.2, 0) is 0 Å². The average molecular weight is 385 g/mol. The van der Waals surface area contributed by atoms with Crippen LogP contribution in [0.1, 0.15) is 71.6 Å². The highest BCUT2D eigenvalue weighted by atomic mass is 35.5. The van der Waals surface area contributed by atoms with Gasteiger partial charge in [-0.1, -0.05) is 0 Å². The first-order chi connectivity index (χ1) is 11.0. The lowest BCUT2D eigenvalue weighted by atomic mass is 9.79. The summed E-state index contributed by atoms with van der Waals surface area (Å²) in [5.41, 5.74) is 0.471. The number of amides is 2. The SMILES string of the molecule is CC1(C)CC(N2C(=O)c3ccc(C(=O)Cl)cc3C2=O)CC(C)(C)N1.Cl. The molecule has 0 aromatic heterocycles. The van der Waals surface area contributed by atoms with Gasteiger partial charge in [-0.3, -0.25) is 19.3 Å². The lowest BCUT2D eigenvalue weighted by Gasteiger charge is -2.48. The summed E-state index contributed by atoms with van der Waals surface area (Å²) in [7, 11) is 0. The Morgan fingerprint density at radius 2 is 1.60 bits per heavy atom. The Bertz CT molecular complexity index is 743. The molecule has 2 aliphatic rings. The highest BCUT2D eigenvalue weighted by molar-refractivity contribution is 6.67. The minimum absolute atomic E-state index is 0. The summed E-state index contributed by atoms with van der Waals surface area (Å²) in [6, 6.07) is 4.24. The smallest absolute Gasteiger partial charge is 0.261 e. The standard InChI is InChI=1S/C18H21ClN2O3.ClH/c1-17(2)8-11(9-18(3,4)20-17)21-15(23)12-6-5-10(14(19)22)7-13(12)16(21)24;/h5-7,11,20H,8-9H2,1-4H3;1H. The van der Waals surface area contributed by atoms with E-state index in [-0.39, 0.29) is 52.5 Å². The summed E-state index contributed by atoms with van der Waals surface area (Å²) in [5.74, 6) is -0.629. The van der Waals surface area contributed by atoms with Crippen molar-refractivity contribution < 1.29 is 14.4 Å². The monoisotopic (exact) mass is 384 g/mol. The van der Waals surface area contributed by atoms with Crippen LogP contribution in [0, 0.1) is 0 Å². The molecule has 1 aromatic rings. The van der Waals surface area contributed by atoms with Gasteiger partial charge >= 0.3 is 0 Å². The van der Waals surface area contributed by atoms with Gasteiger partial charge in [0.25, 0.3) is 17.1 Å². The molecule has 2 heterocycles. The van der Waals surface area contributed by atoms with Crippen LogP contribution in [0.5, 0.6) is 0 Å². The molecule has 136 valence electrons. The van der Waals surface area contributed by atoms with Crippen molar-refractivity contribution in [3.63, 3.8) is 0 Å². The molecule has 0 aliphatic carbocycles. The number of benzene rings is 1. The van der Waals surface area contributed by atoms with Crippen molar-refractivity contribution in [1.82, 2.24) is 10.2 Å². The number of piperidine rings is 1. The molecule has 1 saturated heterocycles. The van der Waals surface area contributed by atoms with E-state index >= 15 is 0 Å². The summed E-state index contributed by atoms with van der Waals surface area (Å²) in [6.45, 7) is 8.29. The number of rotatable bonds is 2. The van der Waals surface area contributed by atoms with Crippen molar-refractivity contribution >= 4 is 41.1 Å².